The fourth-order valence-electron chi connectivity index (χ4n) is 2.22. The van der Waals surface area contributed by atoms with Gasteiger partial charge in [0.1, 0.15) is 6.79 Å². The Morgan fingerprint density at radius 1 is 0.905 bits per heavy atom. The second-order valence-corrected chi connectivity index (χ2v) is 6.64. The third kappa shape index (κ3) is 4.40. The number of ether oxygens (including phenoxy) is 2. The van der Waals surface area contributed by atoms with Crippen LogP contribution in [-0.4, -0.2) is 20.5 Å². The van der Waals surface area contributed by atoms with Crippen molar-refractivity contribution in [3.8, 4) is 11.1 Å². The topological polar surface area (TPSA) is 18.5 Å². The van der Waals surface area contributed by atoms with E-state index in [-0.39, 0.29) is 5.41 Å². The zero-order chi connectivity index (χ0) is 15.3. The van der Waals surface area contributed by atoms with Crippen molar-refractivity contribution in [3.05, 3.63) is 58.6 Å². The molecule has 0 aliphatic heterocycles. The molecule has 0 atom stereocenters. The van der Waals surface area contributed by atoms with Gasteiger partial charge in [0.2, 0.25) is 0 Å². The molecule has 0 spiro atoms. The molecule has 0 aromatic heterocycles. The van der Waals surface area contributed by atoms with Gasteiger partial charge in [0.05, 0.1) is 6.61 Å². The largest absolute Gasteiger partial charge is 0.359 e. The molecule has 0 bridgehead atoms. The molecule has 2 aromatic carbocycles. The molecular weight excluding hydrogens is 328 g/mol. The second-order valence-electron chi connectivity index (χ2n) is 5.72. The van der Waals surface area contributed by atoms with Crippen molar-refractivity contribution < 1.29 is 9.47 Å². The average Bonchev–Trinajstić information content (AvgIpc) is 2.48. The van der Waals surface area contributed by atoms with Crippen LogP contribution >= 0.6 is 15.9 Å². The highest BCUT2D eigenvalue weighted by molar-refractivity contribution is 9.10. The van der Waals surface area contributed by atoms with E-state index in [9.17, 15) is 0 Å². The van der Waals surface area contributed by atoms with Crippen LogP contribution in [0.3, 0.4) is 0 Å². The number of halogens is 1. The van der Waals surface area contributed by atoms with Crippen molar-refractivity contribution in [1.82, 2.24) is 0 Å². The zero-order valence-corrected chi connectivity index (χ0v) is 14.3. The Labute approximate surface area is 135 Å². The van der Waals surface area contributed by atoms with E-state index in [1.165, 1.54) is 16.7 Å². The van der Waals surface area contributed by atoms with Gasteiger partial charge < -0.3 is 9.47 Å². The molecule has 0 saturated carbocycles. The predicted octanol–water partition coefficient (Wildman–Crippen LogP) is 5.01. The first-order valence-electron chi connectivity index (χ1n) is 6.96. The van der Waals surface area contributed by atoms with Crippen LogP contribution in [0, 0.1) is 0 Å². The minimum atomic E-state index is -0.0310. The standard InChI is InChI=1S/C18H21BrO2/c1-18(2,12-21-13-20-3)16-8-4-14(5-9-16)15-6-10-17(19)11-7-15/h4-11H,12-13H2,1-3H3. The Hall–Kier alpha value is -1.16. The minimum Gasteiger partial charge on any atom is -0.359 e. The minimum absolute atomic E-state index is 0.0310. The van der Waals surface area contributed by atoms with Gasteiger partial charge in [0, 0.05) is 17.0 Å². The highest BCUT2D eigenvalue weighted by Crippen LogP contribution is 2.27. The van der Waals surface area contributed by atoms with Gasteiger partial charge in [-0.25, -0.2) is 0 Å². The lowest BCUT2D eigenvalue weighted by atomic mass is 9.85. The number of rotatable bonds is 6. The van der Waals surface area contributed by atoms with Crippen molar-refractivity contribution in [3.63, 3.8) is 0 Å². The van der Waals surface area contributed by atoms with Crippen molar-refractivity contribution in [1.29, 1.82) is 0 Å². The highest BCUT2D eigenvalue weighted by Gasteiger charge is 2.20. The van der Waals surface area contributed by atoms with Gasteiger partial charge in [-0.3, -0.25) is 0 Å². The molecule has 112 valence electrons. The van der Waals surface area contributed by atoms with Gasteiger partial charge in [-0.2, -0.15) is 0 Å². The van der Waals surface area contributed by atoms with Gasteiger partial charge in [-0.1, -0.05) is 66.2 Å². The molecule has 0 aliphatic rings. The molecule has 0 heterocycles. The normalized spacial score (nSPS) is 11.6. The molecule has 0 amide bonds. The lowest BCUT2D eigenvalue weighted by Gasteiger charge is -2.25. The Morgan fingerprint density at radius 2 is 1.43 bits per heavy atom. The molecule has 2 nitrogen and oxygen atoms in total. The summed E-state index contributed by atoms with van der Waals surface area (Å²) in [6.07, 6.45) is 0. The molecule has 0 fully saturated rings. The number of benzene rings is 2. The van der Waals surface area contributed by atoms with Crippen LogP contribution in [-0.2, 0) is 14.9 Å². The van der Waals surface area contributed by atoms with Gasteiger partial charge in [-0.05, 0) is 28.8 Å². The van der Waals surface area contributed by atoms with Gasteiger partial charge in [0.25, 0.3) is 0 Å². The zero-order valence-electron chi connectivity index (χ0n) is 12.7. The maximum Gasteiger partial charge on any atom is 0.146 e. The van der Waals surface area contributed by atoms with Crippen LogP contribution in [0.15, 0.2) is 53.0 Å². The molecule has 0 unspecified atom stereocenters. The second kappa shape index (κ2) is 7.21. The smallest absolute Gasteiger partial charge is 0.146 e. The number of methoxy groups -OCH3 is 1. The summed E-state index contributed by atoms with van der Waals surface area (Å²) in [4.78, 5) is 0. The van der Waals surface area contributed by atoms with E-state index in [1.807, 2.05) is 0 Å². The monoisotopic (exact) mass is 348 g/mol. The van der Waals surface area contributed by atoms with Crippen LogP contribution < -0.4 is 0 Å². The Bertz CT molecular complexity index is 559. The summed E-state index contributed by atoms with van der Waals surface area (Å²) in [6, 6.07) is 17.0. The van der Waals surface area contributed by atoms with Gasteiger partial charge >= 0.3 is 0 Å². The maximum absolute atomic E-state index is 5.50. The molecule has 2 aromatic rings. The fraction of sp³-hybridized carbons (Fsp3) is 0.333. The predicted molar refractivity (Wildman–Crippen MR) is 90.4 cm³/mol. The number of hydrogen-bond donors (Lipinski definition) is 0. The summed E-state index contributed by atoms with van der Waals surface area (Å²) < 4.78 is 11.5. The quantitative estimate of drug-likeness (QED) is 0.539. The van der Waals surface area contributed by atoms with Crippen LogP contribution in [0.2, 0.25) is 0 Å². The van der Waals surface area contributed by atoms with Crippen LogP contribution in [0.25, 0.3) is 11.1 Å². The van der Waals surface area contributed by atoms with E-state index >= 15 is 0 Å². The fourth-order valence-corrected chi connectivity index (χ4v) is 2.48. The third-order valence-corrected chi connectivity index (χ3v) is 4.04. The van der Waals surface area contributed by atoms with E-state index < -0.39 is 0 Å². The molecule has 0 radical (unpaired) electrons. The lowest BCUT2D eigenvalue weighted by Crippen LogP contribution is -2.24. The first-order chi connectivity index (χ1) is 10.0. The summed E-state index contributed by atoms with van der Waals surface area (Å²) in [5, 5.41) is 0. The lowest BCUT2D eigenvalue weighted by molar-refractivity contribution is -0.0452. The summed E-state index contributed by atoms with van der Waals surface area (Å²) >= 11 is 3.46. The third-order valence-electron chi connectivity index (χ3n) is 3.51. The maximum atomic E-state index is 5.50. The van der Waals surface area contributed by atoms with Crippen molar-refractivity contribution >= 4 is 15.9 Å². The van der Waals surface area contributed by atoms with Crippen LogP contribution in [0.5, 0.6) is 0 Å². The highest BCUT2D eigenvalue weighted by atomic mass is 79.9. The number of hydrogen-bond acceptors (Lipinski definition) is 2. The molecule has 0 aliphatic carbocycles. The van der Waals surface area contributed by atoms with E-state index in [0.717, 1.165) is 4.47 Å². The first-order valence-corrected chi connectivity index (χ1v) is 7.75. The van der Waals surface area contributed by atoms with Crippen molar-refractivity contribution in [2.75, 3.05) is 20.5 Å². The molecule has 2 rings (SSSR count). The summed E-state index contributed by atoms with van der Waals surface area (Å²) in [5.41, 5.74) is 3.68. The SMILES string of the molecule is COCOCC(C)(C)c1ccc(-c2ccc(Br)cc2)cc1. The Morgan fingerprint density at radius 3 is 1.95 bits per heavy atom. The van der Waals surface area contributed by atoms with Crippen molar-refractivity contribution in [2.24, 2.45) is 0 Å². The molecular formula is C18H21BrO2. The van der Waals surface area contributed by atoms with E-state index in [1.54, 1.807) is 7.11 Å². The average molecular weight is 349 g/mol. The molecule has 0 saturated heterocycles. The van der Waals surface area contributed by atoms with Crippen molar-refractivity contribution in [2.45, 2.75) is 19.3 Å². The molecule has 21 heavy (non-hydrogen) atoms. The summed E-state index contributed by atoms with van der Waals surface area (Å²) in [7, 11) is 1.64. The van der Waals surface area contributed by atoms with Crippen LogP contribution in [0.1, 0.15) is 19.4 Å². The Balaban J connectivity index is 2.12. The van der Waals surface area contributed by atoms with Gasteiger partial charge in [-0.15, -0.1) is 0 Å². The first kappa shape index (κ1) is 16.2. The van der Waals surface area contributed by atoms with Crippen LogP contribution in [0.4, 0.5) is 0 Å². The summed E-state index contributed by atoms with van der Waals surface area (Å²) in [6.45, 7) is 5.33. The van der Waals surface area contributed by atoms with E-state index in [2.05, 4.69) is 78.3 Å². The summed E-state index contributed by atoms with van der Waals surface area (Å²) in [5.74, 6) is 0. The molecule has 0 N–H and O–H groups in total. The van der Waals surface area contributed by atoms with E-state index in [0.29, 0.717) is 13.4 Å². The van der Waals surface area contributed by atoms with E-state index in [4.69, 9.17) is 9.47 Å². The van der Waals surface area contributed by atoms with Gasteiger partial charge in [0.15, 0.2) is 0 Å². The Kier molecular flexibility index (Phi) is 5.57. The molecule has 3 heteroatoms.